The van der Waals surface area contributed by atoms with E-state index in [0.29, 0.717) is 26.2 Å². The molecule has 1 saturated heterocycles. The van der Waals surface area contributed by atoms with Crippen molar-refractivity contribution in [3.8, 4) is 5.75 Å². The zero-order chi connectivity index (χ0) is 19.3. The van der Waals surface area contributed by atoms with Crippen LogP contribution in [0, 0.1) is 18.3 Å². The first kappa shape index (κ1) is 20.3. The lowest BCUT2D eigenvalue weighted by Gasteiger charge is -2.36. The Morgan fingerprint density at radius 2 is 1.88 bits per heavy atom. The van der Waals surface area contributed by atoms with E-state index in [0.717, 1.165) is 24.2 Å². The van der Waals surface area contributed by atoms with E-state index >= 15 is 0 Å². The van der Waals surface area contributed by atoms with Gasteiger partial charge in [0.1, 0.15) is 12.4 Å². The quantitative estimate of drug-likeness (QED) is 0.811. The van der Waals surface area contributed by atoms with Crippen molar-refractivity contribution in [2.24, 2.45) is 11.3 Å². The molecule has 0 bridgehead atoms. The van der Waals surface area contributed by atoms with Gasteiger partial charge in [-0.05, 0) is 37.5 Å². The summed E-state index contributed by atoms with van der Waals surface area (Å²) in [6.07, 6.45) is 1.48. The first-order valence-corrected chi connectivity index (χ1v) is 9.42. The average Bonchev–Trinajstić information content (AvgIpc) is 2.60. The molecule has 0 aliphatic carbocycles. The van der Waals surface area contributed by atoms with E-state index < -0.39 is 0 Å². The van der Waals surface area contributed by atoms with Crippen LogP contribution < -0.4 is 4.74 Å². The molecule has 5 nitrogen and oxygen atoms in total. The Bertz CT molecular complexity index is 628. The second-order valence-corrected chi connectivity index (χ2v) is 8.24. The number of carbonyl (C=O) groups excluding carboxylic acids is 2. The molecule has 26 heavy (non-hydrogen) atoms. The molecular weight excluding hydrogens is 328 g/mol. The molecule has 1 fully saturated rings. The fraction of sp³-hybridized carbons (Fsp3) is 0.619. The third kappa shape index (κ3) is 5.48. The highest BCUT2D eigenvalue weighted by Gasteiger charge is 2.33. The molecule has 0 radical (unpaired) electrons. The monoisotopic (exact) mass is 360 g/mol. The number of aryl methyl sites for hydroxylation is 1. The van der Waals surface area contributed by atoms with Crippen molar-refractivity contribution >= 4 is 11.8 Å². The molecule has 0 spiro atoms. The fourth-order valence-corrected chi connectivity index (χ4v) is 3.23. The summed E-state index contributed by atoms with van der Waals surface area (Å²) in [6, 6.07) is 7.91. The van der Waals surface area contributed by atoms with Crippen molar-refractivity contribution in [1.29, 1.82) is 0 Å². The molecule has 2 rings (SSSR count). The molecule has 1 aromatic rings. The molecule has 0 N–H and O–H groups in total. The molecule has 0 unspecified atom stereocenters. The van der Waals surface area contributed by atoms with Crippen LogP contribution in [0.1, 0.15) is 39.2 Å². The molecule has 0 aromatic heterocycles. The van der Waals surface area contributed by atoms with Gasteiger partial charge in [0, 0.05) is 31.5 Å². The van der Waals surface area contributed by atoms with Crippen LogP contribution in [0.5, 0.6) is 5.75 Å². The lowest BCUT2D eigenvalue weighted by molar-refractivity contribution is -0.144. The maximum Gasteiger partial charge on any atom is 0.227 e. The minimum absolute atomic E-state index is 0.00277. The van der Waals surface area contributed by atoms with Crippen LogP contribution in [-0.4, -0.2) is 54.9 Å². The van der Waals surface area contributed by atoms with Crippen LogP contribution in [0.15, 0.2) is 24.3 Å². The van der Waals surface area contributed by atoms with Gasteiger partial charge in [0.05, 0.1) is 6.54 Å². The van der Waals surface area contributed by atoms with Crippen LogP contribution in [-0.2, 0) is 9.59 Å². The second-order valence-electron chi connectivity index (χ2n) is 8.24. The first-order valence-electron chi connectivity index (χ1n) is 9.42. The van der Waals surface area contributed by atoms with Crippen LogP contribution in [0.2, 0.25) is 0 Å². The van der Waals surface area contributed by atoms with Gasteiger partial charge in [-0.25, -0.2) is 0 Å². The molecule has 0 atom stereocenters. The SMILES string of the molecule is Cc1cccc(OCCN(C)C(=O)C2CCN(C(=O)C(C)(C)C)CC2)c1. The Labute approximate surface area is 157 Å². The van der Waals surface area contributed by atoms with E-state index in [1.54, 1.807) is 4.90 Å². The maximum atomic E-state index is 12.6. The number of amides is 2. The van der Waals surface area contributed by atoms with Crippen LogP contribution in [0.3, 0.4) is 0 Å². The summed E-state index contributed by atoms with van der Waals surface area (Å²) < 4.78 is 5.73. The van der Waals surface area contributed by atoms with Crippen molar-refractivity contribution in [2.45, 2.75) is 40.5 Å². The van der Waals surface area contributed by atoms with Gasteiger partial charge >= 0.3 is 0 Å². The summed E-state index contributed by atoms with van der Waals surface area (Å²) in [7, 11) is 1.83. The summed E-state index contributed by atoms with van der Waals surface area (Å²) in [5.41, 5.74) is 0.796. The van der Waals surface area contributed by atoms with E-state index in [4.69, 9.17) is 4.74 Å². The number of benzene rings is 1. The predicted molar refractivity (Wildman–Crippen MR) is 103 cm³/mol. The minimum Gasteiger partial charge on any atom is -0.492 e. The maximum absolute atomic E-state index is 12.6. The standard InChI is InChI=1S/C21H32N2O3/c1-16-7-6-8-18(15-16)26-14-13-22(5)19(24)17-9-11-23(12-10-17)20(25)21(2,3)4/h6-8,15,17H,9-14H2,1-5H3. The van der Waals surface area contributed by atoms with Crippen molar-refractivity contribution in [1.82, 2.24) is 9.80 Å². The van der Waals surface area contributed by atoms with Gasteiger partial charge in [0.15, 0.2) is 0 Å². The van der Waals surface area contributed by atoms with Gasteiger partial charge in [0.2, 0.25) is 11.8 Å². The highest BCUT2D eigenvalue weighted by atomic mass is 16.5. The molecule has 2 amide bonds. The van der Waals surface area contributed by atoms with Crippen molar-refractivity contribution in [3.63, 3.8) is 0 Å². The topological polar surface area (TPSA) is 49.9 Å². The average molecular weight is 360 g/mol. The highest BCUT2D eigenvalue weighted by Crippen LogP contribution is 2.24. The van der Waals surface area contributed by atoms with Crippen molar-refractivity contribution in [2.75, 3.05) is 33.3 Å². The highest BCUT2D eigenvalue weighted by molar-refractivity contribution is 5.82. The smallest absolute Gasteiger partial charge is 0.227 e. The molecule has 0 saturated carbocycles. The minimum atomic E-state index is -0.360. The number of rotatable bonds is 5. The van der Waals surface area contributed by atoms with Gasteiger partial charge in [-0.1, -0.05) is 32.9 Å². The zero-order valence-electron chi connectivity index (χ0n) is 16.7. The Hall–Kier alpha value is -2.04. The lowest BCUT2D eigenvalue weighted by atomic mass is 9.90. The van der Waals surface area contributed by atoms with Crippen molar-refractivity contribution in [3.05, 3.63) is 29.8 Å². The van der Waals surface area contributed by atoms with E-state index in [-0.39, 0.29) is 23.1 Å². The lowest BCUT2D eigenvalue weighted by Crippen LogP contribution is -2.47. The normalized spacial score (nSPS) is 15.7. The molecule has 1 aliphatic heterocycles. The summed E-state index contributed by atoms with van der Waals surface area (Å²) in [4.78, 5) is 28.6. The van der Waals surface area contributed by atoms with Crippen molar-refractivity contribution < 1.29 is 14.3 Å². The van der Waals surface area contributed by atoms with Crippen LogP contribution in [0.25, 0.3) is 0 Å². The Morgan fingerprint density at radius 1 is 1.23 bits per heavy atom. The van der Waals surface area contributed by atoms with E-state index in [9.17, 15) is 9.59 Å². The van der Waals surface area contributed by atoms with Gasteiger partial charge in [-0.3, -0.25) is 9.59 Å². The van der Waals surface area contributed by atoms with E-state index in [1.165, 1.54) is 0 Å². The van der Waals surface area contributed by atoms with Gasteiger partial charge in [-0.2, -0.15) is 0 Å². The van der Waals surface area contributed by atoms with Gasteiger partial charge in [-0.15, -0.1) is 0 Å². The third-order valence-corrected chi connectivity index (χ3v) is 4.83. The first-order chi connectivity index (χ1) is 12.2. The number of likely N-dealkylation sites (tertiary alicyclic amines) is 1. The molecule has 1 heterocycles. The molecule has 5 heteroatoms. The molecule has 144 valence electrons. The zero-order valence-corrected chi connectivity index (χ0v) is 16.7. The number of hydrogen-bond donors (Lipinski definition) is 0. The molecular formula is C21H32N2O3. The predicted octanol–water partition coefficient (Wildman–Crippen LogP) is 3.12. The largest absolute Gasteiger partial charge is 0.492 e. The number of piperidine rings is 1. The van der Waals surface area contributed by atoms with Crippen LogP contribution in [0.4, 0.5) is 0 Å². The molecule has 1 aromatic carbocycles. The van der Waals surface area contributed by atoms with E-state index in [2.05, 4.69) is 0 Å². The fourth-order valence-electron chi connectivity index (χ4n) is 3.23. The number of carbonyl (C=O) groups is 2. The number of hydrogen-bond acceptors (Lipinski definition) is 3. The summed E-state index contributed by atoms with van der Waals surface area (Å²) in [5.74, 6) is 1.16. The summed E-state index contributed by atoms with van der Waals surface area (Å²) in [5, 5.41) is 0. The Balaban J connectivity index is 1.76. The number of nitrogens with zero attached hydrogens (tertiary/aromatic N) is 2. The summed E-state index contributed by atoms with van der Waals surface area (Å²) in [6.45, 7) is 10.2. The Morgan fingerprint density at radius 3 is 2.46 bits per heavy atom. The number of likely N-dealkylation sites (N-methyl/N-ethyl adjacent to an activating group) is 1. The van der Waals surface area contributed by atoms with E-state index in [1.807, 2.05) is 63.9 Å². The van der Waals surface area contributed by atoms with Crippen LogP contribution >= 0.6 is 0 Å². The van der Waals surface area contributed by atoms with Gasteiger partial charge in [0.25, 0.3) is 0 Å². The summed E-state index contributed by atoms with van der Waals surface area (Å²) >= 11 is 0. The van der Waals surface area contributed by atoms with Gasteiger partial charge < -0.3 is 14.5 Å². The Kier molecular flexibility index (Phi) is 6.68. The number of ether oxygens (including phenoxy) is 1. The second kappa shape index (κ2) is 8.56. The third-order valence-electron chi connectivity index (χ3n) is 4.83. The molecule has 1 aliphatic rings.